The van der Waals surface area contributed by atoms with E-state index >= 15 is 0 Å². The van der Waals surface area contributed by atoms with Gasteiger partial charge in [0.1, 0.15) is 0 Å². The molecule has 124 valence electrons. The minimum Gasteiger partial charge on any atom is -0.376 e. The predicted molar refractivity (Wildman–Crippen MR) is 92.8 cm³/mol. The van der Waals surface area contributed by atoms with E-state index in [9.17, 15) is 14.4 Å². The van der Waals surface area contributed by atoms with Crippen LogP contribution in [0.1, 0.15) is 17.3 Å². The summed E-state index contributed by atoms with van der Waals surface area (Å²) in [5, 5.41) is 8.22. The van der Waals surface area contributed by atoms with E-state index in [0.717, 1.165) is 0 Å². The summed E-state index contributed by atoms with van der Waals surface area (Å²) < 4.78 is 0. The summed E-state index contributed by atoms with van der Waals surface area (Å²) in [7, 11) is 0. The highest BCUT2D eigenvalue weighted by Crippen LogP contribution is 2.16. The molecule has 0 aliphatic rings. The number of nitrogens with two attached hydrogens (primary N) is 1. The van der Waals surface area contributed by atoms with Gasteiger partial charge in [0.25, 0.3) is 5.91 Å². The lowest BCUT2D eigenvalue weighted by Crippen LogP contribution is -2.23. The molecule has 7 nitrogen and oxygen atoms in total. The Bertz CT molecular complexity index is 774. The maximum atomic E-state index is 12.0. The molecule has 5 N–H and O–H groups in total. The van der Waals surface area contributed by atoms with Crippen LogP contribution in [0.5, 0.6) is 0 Å². The molecule has 0 spiro atoms. The summed E-state index contributed by atoms with van der Waals surface area (Å²) >= 11 is 0. The Balaban J connectivity index is 1.97. The third-order valence-corrected chi connectivity index (χ3v) is 3.10. The Morgan fingerprint density at radius 3 is 2.29 bits per heavy atom. The molecule has 0 aliphatic carbocycles. The van der Waals surface area contributed by atoms with Crippen LogP contribution in [-0.4, -0.2) is 24.3 Å². The third-order valence-electron chi connectivity index (χ3n) is 3.10. The van der Waals surface area contributed by atoms with Crippen molar-refractivity contribution in [2.45, 2.75) is 6.92 Å². The van der Waals surface area contributed by atoms with Gasteiger partial charge in [0, 0.05) is 24.0 Å². The highest BCUT2D eigenvalue weighted by atomic mass is 16.2. The summed E-state index contributed by atoms with van der Waals surface area (Å²) in [4.78, 5) is 34.4. The Labute approximate surface area is 139 Å². The van der Waals surface area contributed by atoms with Crippen molar-refractivity contribution in [1.82, 2.24) is 0 Å². The molecule has 0 saturated heterocycles. The fourth-order valence-electron chi connectivity index (χ4n) is 2.11. The summed E-state index contributed by atoms with van der Waals surface area (Å²) in [6.07, 6.45) is 0. The molecule has 2 rings (SSSR count). The number of carbonyl (C=O) groups excluding carboxylic acids is 3. The standard InChI is InChI=1S/C17H18N4O3/c1-11(22)20-12-5-4-6-13(9-12)21-16(23)10-19-15-8-3-2-7-14(15)17(18)24/h2-9,19H,10H2,1H3,(H2,18,24)(H,20,22)(H,21,23). The maximum Gasteiger partial charge on any atom is 0.250 e. The van der Waals surface area contributed by atoms with Crippen LogP contribution < -0.4 is 21.7 Å². The minimum atomic E-state index is -0.568. The number of anilines is 3. The van der Waals surface area contributed by atoms with Crippen molar-refractivity contribution in [1.29, 1.82) is 0 Å². The number of primary amides is 1. The topological polar surface area (TPSA) is 113 Å². The van der Waals surface area contributed by atoms with Gasteiger partial charge in [0.15, 0.2) is 0 Å². The number of rotatable bonds is 6. The van der Waals surface area contributed by atoms with Gasteiger partial charge in [-0.2, -0.15) is 0 Å². The van der Waals surface area contributed by atoms with Gasteiger partial charge in [0.2, 0.25) is 11.8 Å². The fourth-order valence-corrected chi connectivity index (χ4v) is 2.11. The summed E-state index contributed by atoms with van der Waals surface area (Å²) in [5.74, 6) is -1.06. The largest absolute Gasteiger partial charge is 0.376 e. The highest BCUT2D eigenvalue weighted by Gasteiger charge is 2.09. The first kappa shape index (κ1) is 17.0. The number of hydrogen-bond acceptors (Lipinski definition) is 4. The number of amides is 3. The van der Waals surface area contributed by atoms with Crippen LogP contribution in [0.3, 0.4) is 0 Å². The quantitative estimate of drug-likeness (QED) is 0.648. The van der Waals surface area contributed by atoms with Gasteiger partial charge in [0.05, 0.1) is 12.1 Å². The van der Waals surface area contributed by atoms with Crippen LogP contribution in [-0.2, 0) is 9.59 Å². The lowest BCUT2D eigenvalue weighted by Gasteiger charge is -2.11. The molecule has 2 aromatic rings. The van der Waals surface area contributed by atoms with E-state index in [1.54, 1.807) is 48.5 Å². The van der Waals surface area contributed by atoms with Gasteiger partial charge in [-0.3, -0.25) is 14.4 Å². The maximum absolute atomic E-state index is 12.0. The van der Waals surface area contributed by atoms with Crippen LogP contribution in [0.4, 0.5) is 17.1 Å². The number of para-hydroxylation sites is 1. The number of benzene rings is 2. The second-order valence-corrected chi connectivity index (χ2v) is 5.07. The van der Waals surface area contributed by atoms with Gasteiger partial charge in [-0.25, -0.2) is 0 Å². The SMILES string of the molecule is CC(=O)Nc1cccc(NC(=O)CNc2ccccc2C(N)=O)c1. The van der Waals surface area contributed by atoms with Crippen LogP contribution in [0, 0.1) is 0 Å². The molecule has 3 amide bonds. The van der Waals surface area contributed by atoms with Gasteiger partial charge in [-0.15, -0.1) is 0 Å². The molecule has 0 atom stereocenters. The third kappa shape index (κ3) is 4.84. The first-order valence-electron chi connectivity index (χ1n) is 7.26. The Morgan fingerprint density at radius 2 is 1.62 bits per heavy atom. The van der Waals surface area contributed by atoms with E-state index in [2.05, 4.69) is 16.0 Å². The number of carbonyl (C=O) groups is 3. The van der Waals surface area contributed by atoms with Crippen LogP contribution >= 0.6 is 0 Å². The molecule has 2 aromatic carbocycles. The molecule has 0 radical (unpaired) electrons. The van der Waals surface area contributed by atoms with Crippen molar-refractivity contribution < 1.29 is 14.4 Å². The van der Waals surface area contributed by atoms with Gasteiger partial charge >= 0.3 is 0 Å². The average Bonchev–Trinajstić information content (AvgIpc) is 2.53. The normalized spacial score (nSPS) is 9.88. The second kappa shape index (κ2) is 7.77. The molecule has 0 heterocycles. The summed E-state index contributed by atoms with van der Waals surface area (Å²) in [6, 6.07) is 13.5. The zero-order valence-electron chi connectivity index (χ0n) is 13.1. The molecular weight excluding hydrogens is 308 g/mol. The molecule has 7 heteroatoms. The summed E-state index contributed by atoms with van der Waals surface area (Å²) in [6.45, 7) is 1.38. The molecular formula is C17H18N4O3. The molecule has 0 saturated carbocycles. The van der Waals surface area contributed by atoms with E-state index in [4.69, 9.17) is 5.73 Å². The number of hydrogen-bond donors (Lipinski definition) is 4. The molecule has 0 fully saturated rings. The molecule has 24 heavy (non-hydrogen) atoms. The summed E-state index contributed by atoms with van der Waals surface area (Å²) in [5.41, 5.74) is 7.24. The van der Waals surface area contributed by atoms with E-state index in [0.29, 0.717) is 22.6 Å². The predicted octanol–water partition coefficient (Wildman–Crippen LogP) is 1.79. The number of nitrogens with one attached hydrogen (secondary N) is 3. The van der Waals surface area contributed by atoms with E-state index in [1.165, 1.54) is 6.92 Å². The van der Waals surface area contributed by atoms with E-state index in [1.807, 2.05) is 0 Å². The van der Waals surface area contributed by atoms with E-state index in [-0.39, 0.29) is 18.4 Å². The van der Waals surface area contributed by atoms with Crippen molar-refractivity contribution in [2.75, 3.05) is 22.5 Å². The van der Waals surface area contributed by atoms with Gasteiger partial charge in [-0.05, 0) is 30.3 Å². The Hall–Kier alpha value is -3.35. The monoisotopic (exact) mass is 326 g/mol. The van der Waals surface area contributed by atoms with Gasteiger partial charge < -0.3 is 21.7 Å². The second-order valence-electron chi connectivity index (χ2n) is 5.07. The first-order chi connectivity index (χ1) is 11.5. The zero-order valence-corrected chi connectivity index (χ0v) is 13.1. The van der Waals surface area contributed by atoms with E-state index < -0.39 is 5.91 Å². The lowest BCUT2D eigenvalue weighted by atomic mass is 10.1. The van der Waals surface area contributed by atoms with Crippen LogP contribution in [0.2, 0.25) is 0 Å². The Kier molecular flexibility index (Phi) is 5.51. The van der Waals surface area contributed by atoms with Crippen molar-refractivity contribution in [2.24, 2.45) is 5.73 Å². The van der Waals surface area contributed by atoms with Gasteiger partial charge in [-0.1, -0.05) is 18.2 Å². The highest BCUT2D eigenvalue weighted by molar-refractivity contribution is 6.00. The van der Waals surface area contributed by atoms with Crippen molar-refractivity contribution >= 4 is 34.8 Å². The smallest absolute Gasteiger partial charge is 0.250 e. The van der Waals surface area contributed by atoms with Crippen molar-refractivity contribution in [3.8, 4) is 0 Å². The minimum absolute atomic E-state index is 0.0331. The molecule has 0 aromatic heterocycles. The zero-order chi connectivity index (χ0) is 17.5. The molecule has 0 unspecified atom stereocenters. The molecule has 0 aliphatic heterocycles. The average molecular weight is 326 g/mol. The van der Waals surface area contributed by atoms with Crippen LogP contribution in [0.25, 0.3) is 0 Å². The van der Waals surface area contributed by atoms with Crippen LogP contribution in [0.15, 0.2) is 48.5 Å². The first-order valence-corrected chi connectivity index (χ1v) is 7.26. The lowest BCUT2D eigenvalue weighted by molar-refractivity contribution is -0.115. The fraction of sp³-hybridized carbons (Fsp3) is 0.118. The molecule has 0 bridgehead atoms. The van der Waals surface area contributed by atoms with Crippen molar-refractivity contribution in [3.05, 3.63) is 54.1 Å². The van der Waals surface area contributed by atoms with Crippen molar-refractivity contribution in [3.63, 3.8) is 0 Å². The Morgan fingerprint density at radius 1 is 0.958 bits per heavy atom.